The monoisotopic (exact) mass is 778 g/mol. The molecule has 0 aromatic heterocycles. The van der Waals surface area contributed by atoms with Gasteiger partial charge in [-0.15, -0.1) is 0 Å². The molecule has 5 aromatic rings. The van der Waals surface area contributed by atoms with E-state index < -0.39 is 30.2 Å². The average molecular weight is 779 g/mol. The number of hydrogen-bond acceptors (Lipinski definition) is 9. The van der Waals surface area contributed by atoms with Gasteiger partial charge in [0.15, 0.2) is 23.9 Å². The van der Waals surface area contributed by atoms with Crippen LogP contribution in [-0.4, -0.2) is 63.7 Å². The third kappa shape index (κ3) is 9.33. The Bertz CT molecular complexity index is 2000. The van der Waals surface area contributed by atoms with Gasteiger partial charge in [0, 0.05) is 24.3 Å². The maximum atomic E-state index is 13.1. The first kappa shape index (κ1) is 39.6. The van der Waals surface area contributed by atoms with Gasteiger partial charge in [0.05, 0.1) is 26.4 Å². The average Bonchev–Trinajstić information content (AvgIpc) is 3.25. The van der Waals surface area contributed by atoms with Crippen molar-refractivity contribution in [1.29, 1.82) is 0 Å². The van der Waals surface area contributed by atoms with E-state index in [0.29, 0.717) is 48.3 Å². The molecule has 0 bridgehead atoms. The lowest BCUT2D eigenvalue weighted by atomic mass is 9.86. The molecule has 56 heavy (non-hydrogen) atoms. The highest BCUT2D eigenvalue weighted by Gasteiger charge is 2.58. The number of ether oxygens (including phenoxy) is 8. The number of halogens is 1. The van der Waals surface area contributed by atoms with Crippen LogP contribution in [0.1, 0.15) is 40.3 Å². The van der Waals surface area contributed by atoms with Gasteiger partial charge in [0.2, 0.25) is 5.79 Å². The minimum Gasteiger partial charge on any atom is -0.486 e. The zero-order chi connectivity index (χ0) is 38.7. The summed E-state index contributed by atoms with van der Waals surface area (Å²) in [5, 5.41) is 0.551. The molecule has 9 nitrogen and oxygen atoms in total. The minimum absolute atomic E-state index is 0.203. The first-order valence-electron chi connectivity index (χ1n) is 18.9. The molecule has 0 radical (unpaired) electrons. The van der Waals surface area contributed by atoms with E-state index in [4.69, 9.17) is 49.5 Å². The van der Waals surface area contributed by atoms with Crippen LogP contribution in [0.25, 0.3) is 0 Å². The third-order valence-electron chi connectivity index (χ3n) is 9.99. The Kier molecular flexibility index (Phi) is 13.5. The van der Waals surface area contributed by atoms with Crippen LogP contribution in [0.4, 0.5) is 0 Å². The summed E-state index contributed by atoms with van der Waals surface area (Å²) in [5.74, 6) is -0.288. The molecule has 1 saturated heterocycles. The topological polar surface area (TPSA) is 90.9 Å². The predicted molar refractivity (Wildman–Crippen MR) is 212 cm³/mol. The van der Waals surface area contributed by atoms with Gasteiger partial charge in [0.25, 0.3) is 0 Å². The van der Waals surface area contributed by atoms with Crippen molar-refractivity contribution in [2.24, 2.45) is 0 Å². The van der Waals surface area contributed by atoms with E-state index in [1.165, 1.54) is 0 Å². The van der Waals surface area contributed by atoms with Crippen molar-refractivity contribution >= 4 is 17.9 Å². The van der Waals surface area contributed by atoms with Gasteiger partial charge in [-0.3, -0.25) is 0 Å². The van der Waals surface area contributed by atoms with Crippen molar-refractivity contribution in [3.8, 4) is 11.5 Å². The molecule has 7 rings (SSSR count). The molecule has 0 N–H and O–H groups in total. The zero-order valence-corrected chi connectivity index (χ0v) is 32.3. The lowest BCUT2D eigenvalue weighted by Gasteiger charge is -2.51. The highest BCUT2D eigenvalue weighted by molar-refractivity contribution is 6.31. The molecule has 5 aromatic carbocycles. The van der Waals surface area contributed by atoms with Crippen molar-refractivity contribution < 1.29 is 42.7 Å². The first-order chi connectivity index (χ1) is 27.5. The Labute approximate surface area is 333 Å². The highest BCUT2D eigenvalue weighted by Crippen LogP contribution is 2.44. The van der Waals surface area contributed by atoms with E-state index in [-0.39, 0.29) is 25.9 Å². The molecule has 6 atom stereocenters. The zero-order valence-electron chi connectivity index (χ0n) is 31.6. The summed E-state index contributed by atoms with van der Waals surface area (Å²) in [7, 11) is 1.55. The van der Waals surface area contributed by atoms with Crippen molar-refractivity contribution in [3.05, 3.63) is 166 Å². The van der Waals surface area contributed by atoms with E-state index in [1.54, 1.807) is 7.11 Å². The van der Waals surface area contributed by atoms with Gasteiger partial charge in [0.1, 0.15) is 31.0 Å². The normalized spacial score (nSPS) is 23.1. The quantitative estimate of drug-likeness (QED) is 0.0866. The fourth-order valence-corrected chi connectivity index (χ4v) is 7.33. The summed E-state index contributed by atoms with van der Waals surface area (Å²) in [5.41, 5.74) is 5.20. The van der Waals surface area contributed by atoms with Crippen LogP contribution in [0, 0.1) is 0 Å². The lowest BCUT2D eigenvalue weighted by Crippen LogP contribution is -2.65. The molecule has 1 fully saturated rings. The van der Waals surface area contributed by atoms with E-state index in [0.717, 1.165) is 34.1 Å². The molecular formula is C46H47ClO9. The van der Waals surface area contributed by atoms with E-state index in [9.17, 15) is 4.79 Å². The van der Waals surface area contributed by atoms with Gasteiger partial charge in [-0.1, -0.05) is 115 Å². The smallest absolute Gasteiger partial charge is 0.225 e. The second-order valence-corrected chi connectivity index (χ2v) is 14.2. The van der Waals surface area contributed by atoms with Crippen LogP contribution in [-0.2, 0) is 65.2 Å². The lowest BCUT2D eigenvalue weighted by molar-refractivity contribution is -0.373. The Morgan fingerprint density at radius 2 is 1.36 bits per heavy atom. The van der Waals surface area contributed by atoms with Gasteiger partial charge in [-0.2, -0.15) is 0 Å². The Morgan fingerprint density at radius 1 is 0.732 bits per heavy atom. The molecule has 1 unspecified atom stereocenters. The molecule has 2 aliphatic rings. The van der Waals surface area contributed by atoms with Crippen molar-refractivity contribution in [1.82, 2.24) is 0 Å². The summed E-state index contributed by atoms with van der Waals surface area (Å²) in [6.07, 6.45) is -2.67. The van der Waals surface area contributed by atoms with Crippen LogP contribution >= 0.6 is 11.6 Å². The molecule has 292 valence electrons. The Balaban J connectivity index is 1.25. The summed E-state index contributed by atoms with van der Waals surface area (Å²) >= 11 is 6.91. The predicted octanol–water partition coefficient (Wildman–Crippen LogP) is 8.26. The number of methoxy groups -OCH3 is 1. The largest absolute Gasteiger partial charge is 0.486 e. The fraction of sp³-hybridized carbons (Fsp3) is 0.326. The Hall–Kier alpha value is -4.58. The van der Waals surface area contributed by atoms with Crippen molar-refractivity contribution in [2.45, 2.75) is 69.5 Å². The number of carbonyl (C=O) groups excluding carboxylic acids is 1. The number of fused-ring (bicyclic) bond motifs is 1. The molecule has 0 aliphatic carbocycles. The molecule has 10 heteroatoms. The molecular weight excluding hydrogens is 732 g/mol. The summed E-state index contributed by atoms with van der Waals surface area (Å²) in [6, 6.07) is 40.9. The van der Waals surface area contributed by atoms with Crippen LogP contribution < -0.4 is 9.47 Å². The molecule has 0 spiro atoms. The Morgan fingerprint density at radius 3 is 1.96 bits per heavy atom. The van der Waals surface area contributed by atoms with Crippen molar-refractivity contribution in [2.75, 3.05) is 26.9 Å². The van der Waals surface area contributed by atoms with Crippen molar-refractivity contribution in [3.63, 3.8) is 0 Å². The van der Waals surface area contributed by atoms with Gasteiger partial charge >= 0.3 is 0 Å². The second kappa shape index (κ2) is 19.0. The van der Waals surface area contributed by atoms with Gasteiger partial charge < -0.3 is 42.7 Å². The number of benzene rings is 5. The highest BCUT2D eigenvalue weighted by atomic mass is 35.5. The number of rotatable bonds is 17. The first-order valence-corrected chi connectivity index (χ1v) is 19.3. The summed E-state index contributed by atoms with van der Waals surface area (Å²) in [6.45, 7) is 4.08. The fourth-order valence-electron chi connectivity index (χ4n) is 7.15. The molecule has 2 heterocycles. The van der Waals surface area contributed by atoms with Crippen LogP contribution in [0.2, 0.25) is 5.02 Å². The van der Waals surface area contributed by atoms with E-state index in [2.05, 4.69) is 0 Å². The third-order valence-corrected chi connectivity index (χ3v) is 10.4. The molecule has 0 saturated carbocycles. The number of aldehydes is 1. The second-order valence-electron chi connectivity index (χ2n) is 13.8. The van der Waals surface area contributed by atoms with Gasteiger partial charge in [-0.05, 0) is 65.4 Å². The van der Waals surface area contributed by atoms with Gasteiger partial charge in [-0.25, -0.2) is 0 Å². The van der Waals surface area contributed by atoms with Crippen LogP contribution in [0.5, 0.6) is 11.5 Å². The number of hydrogen-bond donors (Lipinski definition) is 0. The SMILES string of the molecule is CCOCC1COc2ccc(Cc3cc([C@]4(OC)O[C@H](C=O)[C@@H](OCc5ccccc5)[C@H](OCc5ccccc5)[C@H]4OCc4ccccc4)ccc3Cl)cc2O1. The number of carbonyl (C=O) groups is 1. The van der Waals surface area contributed by atoms with E-state index >= 15 is 0 Å². The van der Waals surface area contributed by atoms with Crippen LogP contribution in [0.15, 0.2) is 127 Å². The maximum Gasteiger partial charge on any atom is 0.225 e. The summed E-state index contributed by atoms with van der Waals surface area (Å²) < 4.78 is 51.2. The van der Waals surface area contributed by atoms with Crippen LogP contribution in [0.3, 0.4) is 0 Å². The van der Waals surface area contributed by atoms with E-state index in [1.807, 2.05) is 134 Å². The molecule has 0 amide bonds. The standard InChI is InChI=1S/C46H47ClO9/c1-3-50-30-38-31-51-40-22-19-35(24-41(40)55-38)23-36-25-37(20-21-39(36)47)46(49-2)45(54-29-34-17-11-6-12-18-34)44(53-28-33-15-9-5-10-16-33)43(42(26-48)56-46)52-27-32-13-7-4-8-14-32/h4-22,24-26,38,42-45H,3,23,27-31H2,1-2H3/t38?,42-,43-,44+,45-,46+/m1/s1. The maximum absolute atomic E-state index is 13.1. The molecule has 2 aliphatic heterocycles. The minimum atomic E-state index is -1.62. The summed E-state index contributed by atoms with van der Waals surface area (Å²) in [4.78, 5) is 13.1.